The molecule has 0 saturated carbocycles. The third-order valence-electron chi connectivity index (χ3n) is 5.26. The number of guanidine groups is 1. The molecular formula is C21H30ClN5S. The minimum atomic E-state index is 0.674. The summed E-state index contributed by atoms with van der Waals surface area (Å²) in [5.41, 5.74) is 2.33. The van der Waals surface area contributed by atoms with Gasteiger partial charge in [-0.15, -0.1) is 11.3 Å². The normalized spacial score (nSPS) is 16.4. The van der Waals surface area contributed by atoms with E-state index in [-0.39, 0.29) is 0 Å². The Hall–Kier alpha value is -1.63. The number of rotatable bonds is 6. The van der Waals surface area contributed by atoms with Gasteiger partial charge in [-0.25, -0.2) is 4.98 Å². The Morgan fingerprint density at radius 3 is 2.64 bits per heavy atom. The number of nitrogens with one attached hydrogen (secondary N) is 2. The fourth-order valence-corrected chi connectivity index (χ4v) is 4.65. The van der Waals surface area contributed by atoms with Crippen LogP contribution in [0.2, 0.25) is 5.02 Å². The first-order valence-corrected chi connectivity index (χ1v) is 11.1. The summed E-state index contributed by atoms with van der Waals surface area (Å²) in [6, 6.07) is 8.15. The van der Waals surface area contributed by atoms with Gasteiger partial charge in [0, 0.05) is 30.0 Å². The third-order valence-corrected chi connectivity index (χ3v) is 6.70. The molecular weight excluding hydrogens is 390 g/mol. The average Bonchev–Trinajstić information content (AvgIpc) is 3.02. The maximum Gasteiger partial charge on any atom is 0.191 e. The van der Waals surface area contributed by atoms with E-state index in [4.69, 9.17) is 11.6 Å². The van der Waals surface area contributed by atoms with Crippen molar-refractivity contribution in [2.75, 3.05) is 26.7 Å². The number of piperidine rings is 1. The number of halogens is 1. The van der Waals surface area contributed by atoms with Crippen molar-refractivity contribution < 1.29 is 0 Å². The van der Waals surface area contributed by atoms with Crippen LogP contribution in [0.4, 0.5) is 0 Å². The Morgan fingerprint density at radius 2 is 2.00 bits per heavy atom. The number of likely N-dealkylation sites (tertiary alicyclic amines) is 1. The van der Waals surface area contributed by atoms with Crippen molar-refractivity contribution in [3.63, 3.8) is 0 Å². The van der Waals surface area contributed by atoms with Gasteiger partial charge in [0.15, 0.2) is 5.96 Å². The van der Waals surface area contributed by atoms with Crippen LogP contribution in [0, 0.1) is 19.8 Å². The number of benzene rings is 1. The van der Waals surface area contributed by atoms with Gasteiger partial charge in [0.2, 0.25) is 0 Å². The maximum atomic E-state index is 6.30. The molecule has 3 rings (SSSR count). The van der Waals surface area contributed by atoms with Crippen molar-refractivity contribution in [3.8, 4) is 0 Å². The molecule has 0 amide bonds. The van der Waals surface area contributed by atoms with Gasteiger partial charge in [-0.05, 0) is 57.3 Å². The molecule has 7 heteroatoms. The van der Waals surface area contributed by atoms with Crippen LogP contribution in [0.5, 0.6) is 0 Å². The van der Waals surface area contributed by atoms with Gasteiger partial charge in [-0.2, -0.15) is 0 Å². The van der Waals surface area contributed by atoms with E-state index in [2.05, 4.69) is 44.6 Å². The van der Waals surface area contributed by atoms with Gasteiger partial charge in [0.25, 0.3) is 0 Å². The molecule has 0 spiro atoms. The molecule has 0 aliphatic carbocycles. The highest BCUT2D eigenvalue weighted by Crippen LogP contribution is 2.22. The van der Waals surface area contributed by atoms with Crippen molar-refractivity contribution in [1.29, 1.82) is 0 Å². The monoisotopic (exact) mass is 419 g/mol. The van der Waals surface area contributed by atoms with Crippen LogP contribution in [-0.4, -0.2) is 42.5 Å². The summed E-state index contributed by atoms with van der Waals surface area (Å²) in [5, 5.41) is 8.88. The number of nitrogens with zero attached hydrogens (tertiary/aromatic N) is 3. The van der Waals surface area contributed by atoms with E-state index < -0.39 is 0 Å². The predicted octanol–water partition coefficient (Wildman–Crippen LogP) is 3.99. The number of hydrogen-bond acceptors (Lipinski definition) is 4. The first-order valence-electron chi connectivity index (χ1n) is 9.88. The Kier molecular flexibility index (Phi) is 7.71. The van der Waals surface area contributed by atoms with Crippen LogP contribution in [0.15, 0.2) is 29.3 Å². The number of hydrogen-bond donors (Lipinski definition) is 2. The summed E-state index contributed by atoms with van der Waals surface area (Å²) in [5.74, 6) is 1.54. The first-order chi connectivity index (χ1) is 13.5. The summed E-state index contributed by atoms with van der Waals surface area (Å²) in [6.45, 7) is 9.01. The molecule has 28 heavy (non-hydrogen) atoms. The predicted molar refractivity (Wildman–Crippen MR) is 119 cm³/mol. The van der Waals surface area contributed by atoms with Crippen molar-refractivity contribution in [2.45, 2.75) is 39.8 Å². The van der Waals surface area contributed by atoms with Crippen molar-refractivity contribution in [2.24, 2.45) is 10.9 Å². The molecule has 2 heterocycles. The lowest BCUT2D eigenvalue weighted by Gasteiger charge is -2.32. The fourth-order valence-electron chi connectivity index (χ4n) is 3.58. The molecule has 1 aromatic carbocycles. The molecule has 1 aromatic heterocycles. The number of aromatic nitrogens is 1. The van der Waals surface area contributed by atoms with Crippen molar-refractivity contribution in [3.05, 3.63) is 50.4 Å². The maximum absolute atomic E-state index is 6.30. The highest BCUT2D eigenvalue weighted by atomic mass is 35.5. The zero-order valence-corrected chi connectivity index (χ0v) is 18.5. The lowest BCUT2D eigenvalue weighted by atomic mass is 9.96. The van der Waals surface area contributed by atoms with E-state index in [9.17, 15) is 0 Å². The summed E-state index contributed by atoms with van der Waals surface area (Å²) in [7, 11) is 1.83. The standard InChI is InChI=1S/C21H30ClN5S/c1-15-20(28-16(2)26-15)13-25-21(23-3)24-12-17-8-10-27(11-9-17)14-18-6-4-5-7-19(18)22/h4-7,17H,8-14H2,1-3H3,(H2,23,24,25). The van der Waals surface area contributed by atoms with Gasteiger partial charge in [-0.3, -0.25) is 9.89 Å². The molecule has 2 N–H and O–H groups in total. The van der Waals surface area contributed by atoms with Crippen LogP contribution in [0.1, 0.15) is 34.0 Å². The average molecular weight is 420 g/mol. The Morgan fingerprint density at radius 1 is 1.25 bits per heavy atom. The summed E-state index contributed by atoms with van der Waals surface area (Å²) in [6.07, 6.45) is 2.39. The number of aliphatic imine (C=N–C) groups is 1. The topological polar surface area (TPSA) is 52.6 Å². The van der Waals surface area contributed by atoms with Gasteiger partial charge >= 0.3 is 0 Å². The lowest BCUT2D eigenvalue weighted by molar-refractivity contribution is 0.178. The summed E-state index contributed by atoms with van der Waals surface area (Å²) in [4.78, 5) is 12.6. The van der Waals surface area contributed by atoms with E-state index >= 15 is 0 Å². The van der Waals surface area contributed by atoms with E-state index in [1.165, 1.54) is 23.3 Å². The molecule has 2 aromatic rings. The molecule has 1 fully saturated rings. The van der Waals surface area contributed by atoms with Gasteiger partial charge in [-0.1, -0.05) is 29.8 Å². The van der Waals surface area contributed by atoms with Crippen molar-refractivity contribution in [1.82, 2.24) is 20.5 Å². The molecule has 1 aliphatic rings. The number of aryl methyl sites for hydroxylation is 2. The lowest BCUT2D eigenvalue weighted by Crippen LogP contribution is -2.42. The van der Waals surface area contributed by atoms with E-state index in [1.54, 1.807) is 11.3 Å². The van der Waals surface area contributed by atoms with Gasteiger partial charge in [0.05, 0.1) is 17.2 Å². The van der Waals surface area contributed by atoms with E-state index in [0.29, 0.717) is 5.92 Å². The largest absolute Gasteiger partial charge is 0.356 e. The first kappa shape index (κ1) is 21.1. The second-order valence-electron chi connectivity index (χ2n) is 7.36. The molecule has 1 aliphatic heterocycles. The zero-order valence-electron chi connectivity index (χ0n) is 17.0. The zero-order chi connectivity index (χ0) is 19.9. The fraction of sp³-hybridized carbons (Fsp3) is 0.524. The smallest absolute Gasteiger partial charge is 0.191 e. The minimum absolute atomic E-state index is 0.674. The highest BCUT2D eigenvalue weighted by Gasteiger charge is 2.20. The molecule has 0 atom stereocenters. The second kappa shape index (κ2) is 10.2. The Labute approximate surface area is 177 Å². The van der Waals surface area contributed by atoms with Crippen LogP contribution in [0.3, 0.4) is 0 Å². The quantitative estimate of drug-likeness (QED) is 0.549. The van der Waals surface area contributed by atoms with Gasteiger partial charge in [0.1, 0.15) is 0 Å². The summed E-state index contributed by atoms with van der Waals surface area (Å²) < 4.78 is 0. The highest BCUT2D eigenvalue weighted by molar-refractivity contribution is 7.11. The van der Waals surface area contributed by atoms with E-state index in [0.717, 1.165) is 54.4 Å². The van der Waals surface area contributed by atoms with Crippen LogP contribution >= 0.6 is 22.9 Å². The SMILES string of the molecule is CN=C(NCc1sc(C)nc1C)NCC1CCN(Cc2ccccc2Cl)CC1. The van der Waals surface area contributed by atoms with E-state index in [1.807, 2.05) is 26.1 Å². The summed E-state index contributed by atoms with van der Waals surface area (Å²) >= 11 is 8.04. The van der Waals surface area contributed by atoms with Crippen molar-refractivity contribution >= 4 is 28.9 Å². The third kappa shape index (κ3) is 5.93. The Bertz CT molecular complexity index is 796. The Balaban J connectivity index is 1.39. The molecule has 0 unspecified atom stereocenters. The van der Waals surface area contributed by atoms with Crippen LogP contribution < -0.4 is 10.6 Å². The molecule has 0 bridgehead atoms. The number of thiazole rings is 1. The molecule has 0 radical (unpaired) electrons. The van der Waals surface area contributed by atoms with Crippen LogP contribution in [0.25, 0.3) is 0 Å². The molecule has 152 valence electrons. The van der Waals surface area contributed by atoms with Gasteiger partial charge < -0.3 is 10.6 Å². The second-order valence-corrected chi connectivity index (χ2v) is 9.05. The minimum Gasteiger partial charge on any atom is -0.356 e. The molecule has 1 saturated heterocycles. The molecule has 5 nitrogen and oxygen atoms in total. The van der Waals surface area contributed by atoms with Crippen LogP contribution in [-0.2, 0) is 13.1 Å².